The fourth-order valence-corrected chi connectivity index (χ4v) is 2.92. The van der Waals surface area contributed by atoms with Gasteiger partial charge in [-0.3, -0.25) is 9.59 Å². The number of Topliss-reactive ketones (excluding diaryl/α,β-unsaturated/α-hetero) is 1. The summed E-state index contributed by atoms with van der Waals surface area (Å²) in [5.41, 5.74) is 9.94. The average molecular weight is 407 g/mol. The molecule has 0 aliphatic rings. The summed E-state index contributed by atoms with van der Waals surface area (Å²) in [7, 11) is 1.35. The minimum Gasteiger partial charge on any atom is -0.480 e. The van der Waals surface area contributed by atoms with Crippen LogP contribution in [-0.4, -0.2) is 58.0 Å². The molecule has 10 heteroatoms. The Kier molecular flexibility index (Phi) is 7.45. The summed E-state index contributed by atoms with van der Waals surface area (Å²) in [4.78, 5) is 40.9. The molecular weight excluding hydrogens is 388 g/mol. The maximum absolute atomic E-state index is 12.5. The van der Waals surface area contributed by atoms with Crippen LogP contribution in [-0.2, 0) is 25.5 Å². The predicted molar refractivity (Wildman–Crippen MR) is 101 cm³/mol. The number of methoxy groups -OCH3 is 1. The number of hydrogen-bond acceptors (Lipinski definition) is 4. The van der Waals surface area contributed by atoms with Crippen molar-refractivity contribution in [2.45, 2.75) is 31.4 Å². The quantitative estimate of drug-likeness (QED) is 0.311. The van der Waals surface area contributed by atoms with Crippen LogP contribution in [0.1, 0.15) is 18.4 Å². The Labute approximate surface area is 165 Å². The monoisotopic (exact) mass is 406 g/mol. The van der Waals surface area contributed by atoms with Gasteiger partial charge < -0.3 is 25.7 Å². The van der Waals surface area contributed by atoms with Crippen LogP contribution in [0.5, 0.6) is 0 Å². The van der Waals surface area contributed by atoms with Gasteiger partial charge in [-0.25, -0.2) is 4.79 Å². The highest BCUT2D eigenvalue weighted by molar-refractivity contribution is 6.31. The van der Waals surface area contributed by atoms with Gasteiger partial charge in [-0.1, -0.05) is 17.7 Å². The van der Waals surface area contributed by atoms with Crippen LogP contribution < -0.4 is 5.32 Å². The van der Waals surface area contributed by atoms with E-state index in [4.69, 9.17) is 21.9 Å². The first kappa shape index (κ1) is 21.3. The number of amides is 1. The number of carbonyl (C=O) groups is 3. The number of rotatable bonds is 10. The van der Waals surface area contributed by atoms with Crippen molar-refractivity contribution in [3.05, 3.63) is 40.5 Å². The van der Waals surface area contributed by atoms with Gasteiger partial charge in [-0.2, -0.15) is 4.79 Å². The van der Waals surface area contributed by atoms with Crippen molar-refractivity contribution in [3.8, 4) is 0 Å². The summed E-state index contributed by atoms with van der Waals surface area (Å²) in [6.45, 7) is 0. The molecule has 1 aromatic carbocycles. The largest absolute Gasteiger partial charge is 0.480 e. The molecule has 1 heterocycles. The third kappa shape index (κ3) is 5.50. The lowest BCUT2D eigenvalue weighted by atomic mass is 10.0. The van der Waals surface area contributed by atoms with Gasteiger partial charge in [0.15, 0.2) is 0 Å². The highest BCUT2D eigenvalue weighted by atomic mass is 35.5. The van der Waals surface area contributed by atoms with Crippen molar-refractivity contribution in [2.75, 3.05) is 7.11 Å². The number of carboxylic acids is 1. The summed E-state index contributed by atoms with van der Waals surface area (Å²) in [6.07, 6.45) is 1.37. The number of ether oxygens (including phenoxy) is 1. The Bertz CT molecular complexity index is 935. The second-order valence-electron chi connectivity index (χ2n) is 6.08. The van der Waals surface area contributed by atoms with E-state index in [2.05, 4.69) is 15.1 Å². The normalized spacial score (nSPS) is 12.8. The van der Waals surface area contributed by atoms with Crippen molar-refractivity contribution in [1.29, 1.82) is 0 Å². The number of ketones is 1. The molecule has 28 heavy (non-hydrogen) atoms. The molecule has 9 nitrogen and oxygen atoms in total. The van der Waals surface area contributed by atoms with Gasteiger partial charge >= 0.3 is 12.2 Å². The average Bonchev–Trinajstić information content (AvgIpc) is 3.04. The molecule has 2 aromatic rings. The SMILES string of the molecule is CO[C@@H](Cc1c[nH]c2cc(Cl)ccc12)C(=O)N[C@@H](CCC(=O)C=[N+]=[N-])C(=O)O. The number of aliphatic carboxylic acids is 1. The number of nitrogens with one attached hydrogen (secondary N) is 2. The van der Waals surface area contributed by atoms with E-state index in [0.29, 0.717) is 11.2 Å². The van der Waals surface area contributed by atoms with E-state index in [1.54, 1.807) is 18.3 Å². The van der Waals surface area contributed by atoms with E-state index in [0.717, 1.165) is 16.5 Å². The van der Waals surface area contributed by atoms with E-state index in [1.807, 2.05) is 6.07 Å². The minimum atomic E-state index is -1.28. The Balaban J connectivity index is 2.07. The zero-order valence-corrected chi connectivity index (χ0v) is 15.8. The van der Waals surface area contributed by atoms with Crippen LogP contribution in [0, 0.1) is 0 Å². The van der Waals surface area contributed by atoms with Crippen molar-refractivity contribution >= 4 is 46.4 Å². The van der Waals surface area contributed by atoms with Crippen molar-refractivity contribution < 1.29 is 29.0 Å². The van der Waals surface area contributed by atoms with Gasteiger partial charge in [0.25, 0.3) is 0 Å². The number of carbonyl (C=O) groups excluding carboxylic acids is 2. The van der Waals surface area contributed by atoms with Gasteiger partial charge in [-0.15, -0.1) is 0 Å². The van der Waals surface area contributed by atoms with Gasteiger partial charge in [0.1, 0.15) is 12.1 Å². The van der Waals surface area contributed by atoms with Gasteiger partial charge in [0, 0.05) is 42.1 Å². The summed E-state index contributed by atoms with van der Waals surface area (Å²) in [5.74, 6) is -2.44. The lowest BCUT2D eigenvalue weighted by molar-refractivity contribution is -0.144. The zero-order valence-electron chi connectivity index (χ0n) is 15.0. The third-order valence-corrected chi connectivity index (χ3v) is 4.44. The highest BCUT2D eigenvalue weighted by Crippen LogP contribution is 2.23. The third-order valence-electron chi connectivity index (χ3n) is 4.21. The number of aromatic nitrogens is 1. The molecule has 0 saturated heterocycles. The fraction of sp³-hybridized carbons (Fsp3) is 0.333. The Morgan fingerprint density at radius 1 is 1.43 bits per heavy atom. The first-order valence-electron chi connectivity index (χ1n) is 8.37. The molecule has 3 N–H and O–H groups in total. The van der Waals surface area contributed by atoms with Gasteiger partial charge in [0.05, 0.1) is 0 Å². The lowest BCUT2D eigenvalue weighted by Crippen LogP contribution is -2.46. The van der Waals surface area contributed by atoms with E-state index >= 15 is 0 Å². The number of aromatic amines is 1. The molecule has 0 saturated carbocycles. The minimum absolute atomic E-state index is 0.145. The summed E-state index contributed by atoms with van der Waals surface area (Å²) >= 11 is 5.96. The van der Waals surface area contributed by atoms with E-state index < -0.39 is 29.8 Å². The molecule has 0 fully saturated rings. The lowest BCUT2D eigenvalue weighted by Gasteiger charge is -2.19. The Morgan fingerprint density at radius 3 is 2.82 bits per heavy atom. The van der Waals surface area contributed by atoms with Gasteiger partial charge in [0.2, 0.25) is 11.7 Å². The summed E-state index contributed by atoms with van der Waals surface area (Å²) in [5, 5.41) is 13.1. The summed E-state index contributed by atoms with van der Waals surface area (Å²) < 4.78 is 5.24. The number of nitrogens with zero attached hydrogens (tertiary/aromatic N) is 2. The molecule has 0 bridgehead atoms. The number of H-pyrrole nitrogens is 1. The van der Waals surface area contributed by atoms with E-state index in [1.165, 1.54) is 7.11 Å². The van der Waals surface area contributed by atoms with Crippen LogP contribution in [0.4, 0.5) is 0 Å². The number of benzene rings is 1. The fourth-order valence-electron chi connectivity index (χ4n) is 2.75. The van der Waals surface area contributed by atoms with E-state index in [9.17, 15) is 19.5 Å². The Hall–Kier alpha value is -3.00. The number of halogens is 1. The zero-order chi connectivity index (χ0) is 20.7. The van der Waals surface area contributed by atoms with Gasteiger partial charge in [-0.05, 0) is 24.1 Å². The first-order chi connectivity index (χ1) is 13.3. The summed E-state index contributed by atoms with van der Waals surface area (Å²) in [6, 6.07) is 4.04. The van der Waals surface area contributed by atoms with Crippen LogP contribution in [0.25, 0.3) is 16.4 Å². The molecule has 2 atom stereocenters. The first-order valence-corrected chi connectivity index (χ1v) is 8.75. The molecule has 0 spiro atoms. The van der Waals surface area contributed by atoms with Crippen molar-refractivity contribution in [3.63, 3.8) is 0 Å². The number of fused-ring (bicyclic) bond motifs is 1. The van der Waals surface area contributed by atoms with Crippen molar-refractivity contribution in [1.82, 2.24) is 10.3 Å². The standard InChI is InChI=1S/C18H19ClN4O5/c1-28-16(6-10-8-21-15-7-11(19)2-4-13(10)15)17(25)23-14(18(26)27)5-3-12(24)9-22-20/h2,4,7-9,14,16,21H,3,5-6H2,1H3,(H,23,25)(H,26,27)/t14-,16-/m0/s1. The molecule has 1 aromatic heterocycles. The predicted octanol–water partition coefficient (Wildman–Crippen LogP) is 1.60. The topological polar surface area (TPSA) is 145 Å². The van der Waals surface area contributed by atoms with Crippen LogP contribution in [0.15, 0.2) is 24.4 Å². The smallest absolute Gasteiger partial charge is 0.326 e. The second kappa shape index (κ2) is 9.80. The molecule has 0 aliphatic heterocycles. The van der Waals surface area contributed by atoms with Crippen molar-refractivity contribution in [2.24, 2.45) is 0 Å². The molecule has 2 rings (SSSR count). The molecule has 0 unspecified atom stereocenters. The van der Waals surface area contributed by atoms with Crippen LogP contribution >= 0.6 is 11.6 Å². The van der Waals surface area contributed by atoms with Crippen LogP contribution in [0.3, 0.4) is 0 Å². The van der Waals surface area contributed by atoms with E-state index in [-0.39, 0.29) is 19.3 Å². The number of hydrogen-bond donors (Lipinski definition) is 3. The molecule has 0 radical (unpaired) electrons. The number of carboxylic acid groups (broad SMARTS) is 1. The molecule has 0 aliphatic carbocycles. The molecular formula is C18H19ClN4O5. The molecule has 1 amide bonds. The Morgan fingerprint density at radius 2 is 2.18 bits per heavy atom. The molecule has 148 valence electrons. The van der Waals surface area contributed by atoms with Crippen LogP contribution in [0.2, 0.25) is 5.02 Å². The highest BCUT2D eigenvalue weighted by Gasteiger charge is 2.26. The maximum Gasteiger partial charge on any atom is 0.326 e. The second-order valence-corrected chi connectivity index (χ2v) is 6.52. The maximum atomic E-state index is 12.5.